The number of carbonyl (C=O) groups excluding carboxylic acids is 3. The third-order valence-corrected chi connectivity index (χ3v) is 4.27. The van der Waals surface area contributed by atoms with Crippen LogP contribution in [0.25, 0.3) is 0 Å². The third-order valence-electron chi connectivity index (χ3n) is 4.27. The van der Waals surface area contributed by atoms with E-state index in [1.807, 2.05) is 13.0 Å². The Morgan fingerprint density at radius 3 is 1.87 bits per heavy atom. The summed E-state index contributed by atoms with van der Waals surface area (Å²) < 4.78 is 10.9. The van der Waals surface area contributed by atoms with E-state index in [0.717, 1.165) is 0 Å². The molecule has 158 valence electrons. The molecular weight excluding hydrogens is 396 g/mol. The van der Waals surface area contributed by atoms with E-state index in [1.54, 1.807) is 60.7 Å². The highest BCUT2D eigenvalue weighted by molar-refractivity contribution is 6.09. The largest absolute Gasteiger partial charge is 0.490 e. The van der Waals surface area contributed by atoms with Crippen LogP contribution in [-0.4, -0.2) is 30.8 Å². The Bertz CT molecular complexity index is 1050. The maximum Gasteiger partial charge on any atom is 0.276 e. The summed E-state index contributed by atoms with van der Waals surface area (Å²) in [5.41, 5.74) is 5.95. The molecule has 0 fully saturated rings. The summed E-state index contributed by atoms with van der Waals surface area (Å²) in [4.78, 5) is 36.6. The van der Waals surface area contributed by atoms with Crippen molar-refractivity contribution in [3.8, 4) is 11.5 Å². The van der Waals surface area contributed by atoms with Gasteiger partial charge in [0.25, 0.3) is 11.8 Å². The quantitative estimate of drug-likeness (QED) is 0.433. The van der Waals surface area contributed by atoms with E-state index in [4.69, 9.17) is 9.47 Å². The van der Waals surface area contributed by atoms with Crippen molar-refractivity contribution in [1.82, 2.24) is 10.9 Å². The number of rotatable bonds is 8. The number of ether oxygens (including phenoxy) is 2. The van der Waals surface area contributed by atoms with E-state index in [-0.39, 0.29) is 12.4 Å². The molecular formula is C24H22N2O5. The first kappa shape index (κ1) is 21.6. The van der Waals surface area contributed by atoms with Crippen LogP contribution in [0.3, 0.4) is 0 Å². The van der Waals surface area contributed by atoms with E-state index >= 15 is 0 Å². The Kier molecular flexibility index (Phi) is 7.37. The van der Waals surface area contributed by atoms with Crippen LogP contribution < -0.4 is 20.3 Å². The summed E-state index contributed by atoms with van der Waals surface area (Å²) in [6.07, 6.45) is 0. The number of nitrogens with one attached hydrogen (secondary N) is 2. The monoisotopic (exact) mass is 418 g/mol. The van der Waals surface area contributed by atoms with Crippen LogP contribution in [0, 0.1) is 0 Å². The van der Waals surface area contributed by atoms with Crippen molar-refractivity contribution >= 4 is 17.6 Å². The number of amides is 2. The van der Waals surface area contributed by atoms with E-state index in [2.05, 4.69) is 10.9 Å². The molecule has 0 spiro atoms. The molecule has 7 heteroatoms. The predicted octanol–water partition coefficient (Wildman–Crippen LogP) is 3.16. The summed E-state index contributed by atoms with van der Waals surface area (Å²) in [6.45, 7) is 2.02. The second kappa shape index (κ2) is 10.6. The first-order chi connectivity index (χ1) is 15.1. The van der Waals surface area contributed by atoms with Gasteiger partial charge in [-0.1, -0.05) is 54.6 Å². The standard InChI is InChI=1S/C24H22N2O5/c1-2-30-20-10-6-7-11-21(20)31-16-22(27)25-26-24(29)19-14-12-18(13-15-19)23(28)17-8-4-3-5-9-17/h3-15H,2,16H2,1H3,(H,25,27)(H,26,29). The number of para-hydroxylation sites is 2. The van der Waals surface area contributed by atoms with Crippen molar-refractivity contribution in [1.29, 1.82) is 0 Å². The fraction of sp³-hybridized carbons (Fsp3) is 0.125. The molecule has 7 nitrogen and oxygen atoms in total. The average Bonchev–Trinajstić information content (AvgIpc) is 2.82. The minimum Gasteiger partial charge on any atom is -0.490 e. The predicted molar refractivity (Wildman–Crippen MR) is 115 cm³/mol. The lowest BCUT2D eigenvalue weighted by atomic mass is 10.0. The first-order valence-electron chi connectivity index (χ1n) is 9.72. The Morgan fingerprint density at radius 1 is 0.677 bits per heavy atom. The highest BCUT2D eigenvalue weighted by atomic mass is 16.5. The second-order valence-corrected chi connectivity index (χ2v) is 6.44. The zero-order chi connectivity index (χ0) is 22.1. The number of hydrogen-bond acceptors (Lipinski definition) is 5. The Hall–Kier alpha value is -4.13. The van der Waals surface area contributed by atoms with Crippen LogP contribution in [0.1, 0.15) is 33.2 Å². The molecule has 3 aromatic carbocycles. The lowest BCUT2D eigenvalue weighted by molar-refractivity contribution is -0.123. The van der Waals surface area contributed by atoms with Crippen LogP contribution in [0.2, 0.25) is 0 Å². The molecule has 3 aromatic rings. The topological polar surface area (TPSA) is 93.7 Å². The SMILES string of the molecule is CCOc1ccccc1OCC(=O)NNC(=O)c1ccc(C(=O)c2ccccc2)cc1. The molecule has 0 aliphatic carbocycles. The fourth-order valence-corrected chi connectivity index (χ4v) is 2.75. The zero-order valence-corrected chi connectivity index (χ0v) is 17.0. The van der Waals surface area contributed by atoms with E-state index < -0.39 is 11.8 Å². The van der Waals surface area contributed by atoms with Crippen molar-refractivity contribution in [3.63, 3.8) is 0 Å². The first-order valence-corrected chi connectivity index (χ1v) is 9.72. The number of benzene rings is 3. The summed E-state index contributed by atoms with van der Waals surface area (Å²) in [6, 6.07) is 22.1. The lowest BCUT2D eigenvalue weighted by Crippen LogP contribution is -2.43. The molecule has 3 rings (SSSR count). The maximum atomic E-state index is 12.4. The molecule has 31 heavy (non-hydrogen) atoms. The molecule has 0 aromatic heterocycles. The minimum absolute atomic E-state index is 0.134. The molecule has 0 heterocycles. The summed E-state index contributed by atoms with van der Waals surface area (Å²) >= 11 is 0. The van der Waals surface area contributed by atoms with E-state index in [0.29, 0.717) is 34.8 Å². The molecule has 0 saturated heterocycles. The van der Waals surface area contributed by atoms with E-state index in [1.165, 1.54) is 12.1 Å². The molecule has 0 unspecified atom stereocenters. The summed E-state index contributed by atoms with van der Waals surface area (Å²) in [5, 5.41) is 0. The van der Waals surface area contributed by atoms with Crippen LogP contribution in [0.15, 0.2) is 78.9 Å². The molecule has 0 aliphatic rings. The van der Waals surface area contributed by atoms with Gasteiger partial charge in [0.1, 0.15) is 0 Å². The molecule has 2 N–H and O–H groups in total. The van der Waals surface area contributed by atoms with Gasteiger partial charge in [0.2, 0.25) is 0 Å². The number of carbonyl (C=O) groups is 3. The van der Waals surface area contributed by atoms with Crippen LogP contribution in [0.4, 0.5) is 0 Å². The van der Waals surface area contributed by atoms with Gasteiger partial charge in [0.15, 0.2) is 23.9 Å². The smallest absolute Gasteiger partial charge is 0.276 e. The zero-order valence-electron chi connectivity index (χ0n) is 17.0. The summed E-state index contributed by atoms with van der Waals surface area (Å²) in [5.74, 6) is -0.209. The van der Waals surface area contributed by atoms with Gasteiger partial charge in [0, 0.05) is 16.7 Å². The van der Waals surface area contributed by atoms with Gasteiger partial charge < -0.3 is 9.47 Å². The maximum absolute atomic E-state index is 12.4. The third kappa shape index (κ3) is 5.93. The molecule has 2 amide bonds. The van der Waals surface area contributed by atoms with Gasteiger partial charge in [-0.3, -0.25) is 25.2 Å². The molecule has 0 saturated carbocycles. The number of hydrogen-bond donors (Lipinski definition) is 2. The number of hydrazine groups is 1. The fourth-order valence-electron chi connectivity index (χ4n) is 2.75. The van der Waals surface area contributed by atoms with Crippen LogP contribution >= 0.6 is 0 Å². The second-order valence-electron chi connectivity index (χ2n) is 6.44. The molecule has 0 radical (unpaired) electrons. The van der Waals surface area contributed by atoms with Gasteiger partial charge >= 0.3 is 0 Å². The highest BCUT2D eigenvalue weighted by Gasteiger charge is 2.12. The summed E-state index contributed by atoms with van der Waals surface area (Å²) in [7, 11) is 0. The van der Waals surface area contributed by atoms with Gasteiger partial charge in [-0.05, 0) is 31.2 Å². The van der Waals surface area contributed by atoms with Gasteiger partial charge in [-0.2, -0.15) is 0 Å². The Morgan fingerprint density at radius 2 is 1.23 bits per heavy atom. The van der Waals surface area contributed by atoms with E-state index in [9.17, 15) is 14.4 Å². The van der Waals surface area contributed by atoms with Crippen molar-refractivity contribution < 1.29 is 23.9 Å². The minimum atomic E-state index is -0.532. The molecule has 0 atom stereocenters. The van der Waals surface area contributed by atoms with Crippen molar-refractivity contribution in [3.05, 3.63) is 95.6 Å². The van der Waals surface area contributed by atoms with Crippen molar-refractivity contribution in [2.24, 2.45) is 0 Å². The molecule has 0 bridgehead atoms. The van der Waals surface area contributed by atoms with Crippen molar-refractivity contribution in [2.45, 2.75) is 6.92 Å². The Labute approximate surface area is 180 Å². The molecule has 0 aliphatic heterocycles. The average molecular weight is 418 g/mol. The van der Waals surface area contributed by atoms with Gasteiger partial charge in [0.05, 0.1) is 6.61 Å². The van der Waals surface area contributed by atoms with Crippen molar-refractivity contribution in [2.75, 3.05) is 13.2 Å². The van der Waals surface area contributed by atoms with Crippen LogP contribution in [0.5, 0.6) is 11.5 Å². The highest BCUT2D eigenvalue weighted by Crippen LogP contribution is 2.26. The number of ketones is 1. The lowest BCUT2D eigenvalue weighted by Gasteiger charge is -2.12. The van der Waals surface area contributed by atoms with Gasteiger partial charge in [-0.25, -0.2) is 0 Å². The normalized spacial score (nSPS) is 10.1. The van der Waals surface area contributed by atoms with Gasteiger partial charge in [-0.15, -0.1) is 0 Å². The Balaban J connectivity index is 1.50. The van der Waals surface area contributed by atoms with Crippen LogP contribution in [-0.2, 0) is 4.79 Å².